The number of nitrogens with zero attached hydrogens (tertiary/aromatic N) is 1. The molecule has 3 nitrogen and oxygen atoms in total. The van der Waals surface area contributed by atoms with Gasteiger partial charge in [-0.1, -0.05) is 0 Å². The van der Waals surface area contributed by atoms with Crippen molar-refractivity contribution in [1.29, 1.82) is 0 Å². The molecule has 1 aliphatic heterocycles. The maximum absolute atomic E-state index is 12.2. The van der Waals surface area contributed by atoms with Crippen molar-refractivity contribution in [2.45, 2.75) is 18.9 Å². The predicted octanol–water partition coefficient (Wildman–Crippen LogP) is 2.60. The van der Waals surface area contributed by atoms with E-state index in [0.717, 1.165) is 31.5 Å². The molecule has 6 heteroatoms. The highest BCUT2D eigenvalue weighted by molar-refractivity contribution is 14.1. The lowest BCUT2D eigenvalue weighted by molar-refractivity contribution is 0.0737. The van der Waals surface area contributed by atoms with Crippen molar-refractivity contribution in [3.8, 4) is 0 Å². The molecule has 1 saturated heterocycles. The van der Waals surface area contributed by atoms with Gasteiger partial charge in [0, 0.05) is 24.5 Å². The first kappa shape index (κ1) is 15.2. The van der Waals surface area contributed by atoms with E-state index in [2.05, 4.69) is 27.9 Å². The van der Waals surface area contributed by atoms with Crippen molar-refractivity contribution in [3.63, 3.8) is 0 Å². The van der Waals surface area contributed by atoms with E-state index in [-0.39, 0.29) is 18.3 Å². The number of carbonyl (C=O) groups excluding carboxylic acids is 1. The van der Waals surface area contributed by atoms with E-state index in [0.29, 0.717) is 6.04 Å². The Bertz CT molecular complexity index is 385. The Morgan fingerprint density at radius 3 is 3.06 bits per heavy atom. The minimum absolute atomic E-state index is 0. The van der Waals surface area contributed by atoms with Crippen molar-refractivity contribution >= 4 is 52.2 Å². The van der Waals surface area contributed by atoms with Crippen LogP contribution in [0.1, 0.15) is 23.2 Å². The van der Waals surface area contributed by atoms with Gasteiger partial charge >= 0.3 is 0 Å². The normalized spacial score (nSPS) is 19.2. The van der Waals surface area contributed by atoms with Crippen LogP contribution in [0.15, 0.2) is 11.4 Å². The minimum atomic E-state index is 0. The van der Waals surface area contributed by atoms with Crippen LogP contribution < -0.4 is 5.32 Å². The van der Waals surface area contributed by atoms with Crippen LogP contribution >= 0.6 is 46.3 Å². The molecule has 0 saturated carbocycles. The summed E-state index contributed by atoms with van der Waals surface area (Å²) in [6.07, 6.45) is 2.24. The van der Waals surface area contributed by atoms with E-state index in [1.807, 2.05) is 23.4 Å². The van der Waals surface area contributed by atoms with Crippen LogP contribution in [-0.4, -0.2) is 37.0 Å². The molecule has 1 atom stereocenters. The first-order chi connectivity index (χ1) is 7.72. The summed E-state index contributed by atoms with van der Waals surface area (Å²) in [7, 11) is 1.94. The molecular weight excluding hydrogens is 371 g/mol. The van der Waals surface area contributed by atoms with Crippen molar-refractivity contribution < 1.29 is 4.79 Å². The number of nitrogens with one attached hydrogen (secondary N) is 1. The summed E-state index contributed by atoms with van der Waals surface area (Å²) < 4.78 is 1.17. The number of hydrogen-bond acceptors (Lipinski definition) is 3. The Hall–Kier alpha value is 0.150. The molecular formula is C11H16ClIN2OS. The summed E-state index contributed by atoms with van der Waals surface area (Å²) in [6, 6.07) is 2.34. The molecule has 96 valence electrons. The smallest absolute Gasteiger partial charge is 0.255 e. The van der Waals surface area contributed by atoms with E-state index >= 15 is 0 Å². The second-order valence-corrected chi connectivity index (χ2v) is 6.80. The summed E-state index contributed by atoms with van der Waals surface area (Å²) in [5.74, 6) is 0.192. The average Bonchev–Trinajstić information content (AvgIpc) is 2.87. The van der Waals surface area contributed by atoms with Gasteiger partial charge in [0.05, 0.1) is 8.45 Å². The van der Waals surface area contributed by atoms with Crippen LogP contribution in [0.25, 0.3) is 0 Å². The van der Waals surface area contributed by atoms with Gasteiger partial charge in [-0.05, 0) is 48.5 Å². The molecule has 0 bridgehead atoms. The molecule has 17 heavy (non-hydrogen) atoms. The zero-order valence-corrected chi connectivity index (χ0v) is 13.4. The van der Waals surface area contributed by atoms with E-state index in [1.165, 1.54) is 2.88 Å². The molecule has 0 spiro atoms. The second-order valence-electron chi connectivity index (χ2n) is 3.99. The first-order valence-electron chi connectivity index (χ1n) is 5.42. The third kappa shape index (κ3) is 3.56. The van der Waals surface area contributed by atoms with Crippen molar-refractivity contribution in [1.82, 2.24) is 10.2 Å². The fourth-order valence-electron chi connectivity index (χ4n) is 2.14. The zero-order valence-electron chi connectivity index (χ0n) is 9.61. The van der Waals surface area contributed by atoms with Gasteiger partial charge in [-0.2, -0.15) is 0 Å². The fourth-order valence-corrected chi connectivity index (χ4v) is 3.46. The molecule has 1 aliphatic rings. The van der Waals surface area contributed by atoms with Gasteiger partial charge in [-0.25, -0.2) is 0 Å². The number of amides is 1. The highest BCUT2D eigenvalue weighted by Gasteiger charge is 2.29. The van der Waals surface area contributed by atoms with E-state index in [9.17, 15) is 4.79 Å². The standard InChI is InChI=1S/C11H15IN2OS.ClH/c1-13-6-9-3-2-4-14(9)11(15)8-5-10(12)16-7-8;/h5,7,9,13H,2-4,6H2,1H3;1H. The number of rotatable bonds is 3. The van der Waals surface area contributed by atoms with E-state index in [4.69, 9.17) is 0 Å². The number of hydrogen-bond donors (Lipinski definition) is 1. The Kier molecular flexibility index (Phi) is 6.19. The number of likely N-dealkylation sites (tertiary alicyclic amines) is 1. The van der Waals surface area contributed by atoms with Crippen LogP contribution in [-0.2, 0) is 0 Å². The molecule has 0 aliphatic carbocycles. The van der Waals surface area contributed by atoms with Gasteiger partial charge in [0.1, 0.15) is 0 Å². The maximum atomic E-state index is 12.2. The lowest BCUT2D eigenvalue weighted by Crippen LogP contribution is -2.40. The van der Waals surface area contributed by atoms with Crippen molar-refractivity contribution in [3.05, 3.63) is 19.9 Å². The topological polar surface area (TPSA) is 32.3 Å². The monoisotopic (exact) mass is 386 g/mol. The summed E-state index contributed by atoms with van der Waals surface area (Å²) in [4.78, 5) is 14.3. The van der Waals surface area contributed by atoms with Crippen LogP contribution in [0.4, 0.5) is 0 Å². The molecule has 1 unspecified atom stereocenters. The lowest BCUT2D eigenvalue weighted by atomic mass is 10.2. The average molecular weight is 387 g/mol. The Morgan fingerprint density at radius 1 is 1.71 bits per heavy atom. The van der Waals surface area contributed by atoms with Gasteiger partial charge < -0.3 is 10.2 Å². The molecule has 1 N–H and O–H groups in total. The first-order valence-corrected chi connectivity index (χ1v) is 7.38. The van der Waals surface area contributed by atoms with E-state index in [1.54, 1.807) is 11.3 Å². The van der Waals surface area contributed by atoms with Gasteiger partial charge in [-0.3, -0.25) is 4.79 Å². The van der Waals surface area contributed by atoms with Crippen molar-refractivity contribution in [2.24, 2.45) is 0 Å². The quantitative estimate of drug-likeness (QED) is 0.810. The molecule has 1 aromatic heterocycles. The second kappa shape index (κ2) is 6.92. The van der Waals surface area contributed by atoms with Crippen LogP contribution in [0.2, 0.25) is 0 Å². The SMILES string of the molecule is CNCC1CCCN1C(=O)c1csc(I)c1.Cl. The summed E-state index contributed by atoms with van der Waals surface area (Å²) >= 11 is 3.88. The van der Waals surface area contributed by atoms with Gasteiger partial charge in [-0.15, -0.1) is 23.7 Å². The molecule has 2 heterocycles. The van der Waals surface area contributed by atoms with Gasteiger partial charge in [0.15, 0.2) is 0 Å². The lowest BCUT2D eigenvalue weighted by Gasteiger charge is -2.24. The van der Waals surface area contributed by atoms with Crippen molar-refractivity contribution in [2.75, 3.05) is 20.1 Å². The molecule has 2 rings (SSSR count). The Labute approximate surface area is 126 Å². The third-order valence-corrected chi connectivity index (χ3v) is 4.68. The number of carbonyl (C=O) groups is 1. The van der Waals surface area contributed by atoms with Gasteiger partial charge in [0.25, 0.3) is 5.91 Å². The molecule has 1 aromatic rings. The molecule has 1 fully saturated rings. The van der Waals surface area contributed by atoms with Crippen LogP contribution in [0, 0.1) is 2.88 Å². The predicted molar refractivity (Wildman–Crippen MR) is 82.3 cm³/mol. The van der Waals surface area contributed by atoms with Crippen LogP contribution in [0.5, 0.6) is 0 Å². The fraction of sp³-hybridized carbons (Fsp3) is 0.545. The highest BCUT2D eigenvalue weighted by atomic mass is 127. The Morgan fingerprint density at radius 2 is 2.47 bits per heavy atom. The van der Waals surface area contributed by atoms with Crippen LogP contribution in [0.3, 0.4) is 0 Å². The summed E-state index contributed by atoms with van der Waals surface area (Å²) in [5.41, 5.74) is 0.845. The van der Waals surface area contributed by atoms with E-state index < -0.39 is 0 Å². The number of likely N-dealkylation sites (N-methyl/N-ethyl adjacent to an activating group) is 1. The molecule has 1 amide bonds. The third-order valence-electron chi connectivity index (χ3n) is 2.89. The summed E-state index contributed by atoms with van der Waals surface area (Å²) in [5, 5.41) is 5.12. The molecule has 0 radical (unpaired) electrons. The molecule has 0 aromatic carbocycles. The number of thiophene rings is 1. The minimum Gasteiger partial charge on any atom is -0.334 e. The number of halogens is 2. The highest BCUT2D eigenvalue weighted by Crippen LogP contribution is 2.23. The Balaban J connectivity index is 0.00000144. The van der Waals surface area contributed by atoms with Gasteiger partial charge in [0.2, 0.25) is 0 Å². The largest absolute Gasteiger partial charge is 0.334 e. The maximum Gasteiger partial charge on any atom is 0.255 e. The zero-order chi connectivity index (χ0) is 11.5. The summed E-state index contributed by atoms with van der Waals surface area (Å²) in [6.45, 7) is 1.80.